The van der Waals surface area contributed by atoms with Crippen molar-refractivity contribution in [3.8, 4) is 0 Å². The molecule has 0 spiro atoms. The van der Waals surface area contributed by atoms with E-state index in [9.17, 15) is 0 Å². The van der Waals surface area contributed by atoms with E-state index < -0.39 is 0 Å². The summed E-state index contributed by atoms with van der Waals surface area (Å²) in [6, 6.07) is 12.9. The van der Waals surface area contributed by atoms with Crippen molar-refractivity contribution in [2.45, 2.75) is 32.4 Å². The highest BCUT2D eigenvalue weighted by molar-refractivity contribution is 7.80. The lowest BCUT2D eigenvalue weighted by atomic mass is 9.96. The van der Waals surface area contributed by atoms with Crippen molar-refractivity contribution in [2.75, 3.05) is 6.54 Å². The molecular formula is C20H22N4S. The Balaban J connectivity index is 1.55. The highest BCUT2D eigenvalue weighted by Gasteiger charge is 2.30. The molecule has 0 radical (unpaired) electrons. The van der Waals surface area contributed by atoms with Crippen LogP contribution in [0.1, 0.15) is 36.2 Å². The molecule has 3 aromatic rings. The SMILES string of the molecule is CCC1c2[nH]c3ccccc3c2CCN1C(=S)NCc1cccnc1. The van der Waals surface area contributed by atoms with Gasteiger partial charge in [0.05, 0.1) is 6.04 Å². The zero-order chi connectivity index (χ0) is 17.2. The van der Waals surface area contributed by atoms with Gasteiger partial charge in [-0.05, 0) is 48.3 Å². The van der Waals surface area contributed by atoms with Crippen molar-refractivity contribution in [3.63, 3.8) is 0 Å². The highest BCUT2D eigenvalue weighted by Crippen LogP contribution is 2.36. The third-order valence-corrected chi connectivity index (χ3v) is 5.35. The van der Waals surface area contributed by atoms with Crippen molar-refractivity contribution in [3.05, 3.63) is 65.6 Å². The normalized spacial score (nSPS) is 16.7. The molecular weight excluding hydrogens is 328 g/mol. The summed E-state index contributed by atoms with van der Waals surface area (Å²) in [5.74, 6) is 0. The number of fused-ring (bicyclic) bond motifs is 3. The molecule has 5 heteroatoms. The predicted molar refractivity (Wildman–Crippen MR) is 105 cm³/mol. The molecule has 1 aromatic carbocycles. The maximum Gasteiger partial charge on any atom is 0.169 e. The molecule has 4 nitrogen and oxygen atoms in total. The zero-order valence-corrected chi connectivity index (χ0v) is 15.1. The Labute approximate surface area is 153 Å². The average molecular weight is 350 g/mol. The molecule has 2 aromatic heterocycles. The summed E-state index contributed by atoms with van der Waals surface area (Å²) < 4.78 is 0. The average Bonchev–Trinajstić information content (AvgIpc) is 3.05. The number of aromatic nitrogens is 2. The Hall–Kier alpha value is -2.40. The number of aromatic amines is 1. The number of hydrogen-bond acceptors (Lipinski definition) is 2. The van der Waals surface area contributed by atoms with E-state index in [-0.39, 0.29) is 0 Å². The van der Waals surface area contributed by atoms with Crippen LogP contribution in [0.15, 0.2) is 48.8 Å². The number of benzene rings is 1. The van der Waals surface area contributed by atoms with Crippen LogP contribution in [-0.4, -0.2) is 26.5 Å². The van der Waals surface area contributed by atoms with Gasteiger partial charge < -0.3 is 15.2 Å². The maximum absolute atomic E-state index is 5.71. The Kier molecular flexibility index (Phi) is 4.40. The van der Waals surface area contributed by atoms with Gasteiger partial charge in [0.15, 0.2) is 5.11 Å². The van der Waals surface area contributed by atoms with Gasteiger partial charge in [-0.2, -0.15) is 0 Å². The Morgan fingerprint density at radius 3 is 3.00 bits per heavy atom. The molecule has 25 heavy (non-hydrogen) atoms. The highest BCUT2D eigenvalue weighted by atomic mass is 32.1. The quantitative estimate of drug-likeness (QED) is 0.702. The summed E-state index contributed by atoms with van der Waals surface area (Å²) in [5.41, 5.74) is 5.14. The summed E-state index contributed by atoms with van der Waals surface area (Å²) in [4.78, 5) is 10.1. The van der Waals surface area contributed by atoms with E-state index in [4.69, 9.17) is 12.2 Å². The second-order valence-corrected chi connectivity index (χ2v) is 6.84. The van der Waals surface area contributed by atoms with Crippen molar-refractivity contribution >= 4 is 28.2 Å². The molecule has 0 bridgehead atoms. The fourth-order valence-electron chi connectivity index (χ4n) is 3.77. The van der Waals surface area contributed by atoms with E-state index in [1.54, 1.807) is 6.20 Å². The number of nitrogens with zero attached hydrogens (tertiary/aromatic N) is 2. The molecule has 4 rings (SSSR count). The molecule has 1 aliphatic rings. The summed E-state index contributed by atoms with van der Waals surface area (Å²) in [5, 5.41) is 5.57. The molecule has 0 saturated heterocycles. The molecule has 2 N–H and O–H groups in total. The maximum atomic E-state index is 5.71. The molecule has 0 aliphatic carbocycles. The molecule has 1 atom stereocenters. The molecule has 0 fully saturated rings. The first-order valence-electron chi connectivity index (χ1n) is 8.80. The van der Waals surface area contributed by atoms with Gasteiger partial charge >= 0.3 is 0 Å². The first-order valence-corrected chi connectivity index (χ1v) is 9.21. The lowest BCUT2D eigenvalue weighted by Crippen LogP contribution is -2.45. The number of hydrogen-bond donors (Lipinski definition) is 2. The van der Waals surface area contributed by atoms with Crippen molar-refractivity contribution in [2.24, 2.45) is 0 Å². The second kappa shape index (κ2) is 6.84. The van der Waals surface area contributed by atoms with Crippen LogP contribution in [0, 0.1) is 0 Å². The topological polar surface area (TPSA) is 44.0 Å². The van der Waals surface area contributed by atoms with Gasteiger partial charge in [0.1, 0.15) is 0 Å². The summed E-state index contributed by atoms with van der Waals surface area (Å²) in [7, 11) is 0. The van der Waals surface area contributed by atoms with Gasteiger partial charge in [-0.25, -0.2) is 0 Å². The van der Waals surface area contributed by atoms with Crippen molar-refractivity contribution in [1.82, 2.24) is 20.2 Å². The number of nitrogens with one attached hydrogen (secondary N) is 2. The fourth-order valence-corrected chi connectivity index (χ4v) is 4.06. The minimum absolute atomic E-state index is 0.296. The lowest BCUT2D eigenvalue weighted by Gasteiger charge is -2.37. The van der Waals surface area contributed by atoms with Crippen LogP contribution < -0.4 is 5.32 Å². The summed E-state index contributed by atoms with van der Waals surface area (Å²) in [6.07, 6.45) is 5.70. The number of para-hydroxylation sites is 1. The third-order valence-electron chi connectivity index (χ3n) is 4.97. The fraction of sp³-hybridized carbons (Fsp3) is 0.300. The first-order chi connectivity index (χ1) is 12.3. The standard InChI is InChI=1S/C20H22N4S/c1-2-18-19-16(15-7-3-4-8-17(15)23-19)9-11-24(18)20(25)22-13-14-6-5-10-21-12-14/h3-8,10,12,18,23H,2,9,11,13H2,1H3,(H,22,25). The first kappa shape index (κ1) is 16.1. The molecule has 0 amide bonds. The third kappa shape index (κ3) is 3.00. The van der Waals surface area contributed by atoms with Gasteiger partial charge in [0.25, 0.3) is 0 Å². The van der Waals surface area contributed by atoms with Gasteiger partial charge in [0, 0.05) is 42.1 Å². The molecule has 3 heterocycles. The zero-order valence-electron chi connectivity index (χ0n) is 14.3. The van der Waals surface area contributed by atoms with Crippen LogP contribution >= 0.6 is 12.2 Å². The van der Waals surface area contributed by atoms with Crippen LogP contribution in [0.3, 0.4) is 0 Å². The van der Waals surface area contributed by atoms with E-state index in [2.05, 4.69) is 57.4 Å². The lowest BCUT2D eigenvalue weighted by molar-refractivity contribution is 0.283. The Morgan fingerprint density at radius 1 is 1.32 bits per heavy atom. The largest absolute Gasteiger partial charge is 0.358 e. The van der Waals surface area contributed by atoms with Crippen LogP contribution in [0.2, 0.25) is 0 Å². The number of pyridine rings is 1. The van der Waals surface area contributed by atoms with Gasteiger partial charge in [-0.1, -0.05) is 31.2 Å². The van der Waals surface area contributed by atoms with Gasteiger partial charge in [-0.3, -0.25) is 4.98 Å². The smallest absolute Gasteiger partial charge is 0.169 e. The number of H-pyrrole nitrogens is 1. The minimum atomic E-state index is 0.296. The van der Waals surface area contributed by atoms with Crippen LogP contribution in [0.25, 0.3) is 10.9 Å². The molecule has 128 valence electrons. The second-order valence-electron chi connectivity index (χ2n) is 6.45. The van der Waals surface area contributed by atoms with Crippen LogP contribution in [-0.2, 0) is 13.0 Å². The number of thiocarbonyl (C=S) groups is 1. The predicted octanol–water partition coefficient (Wildman–Crippen LogP) is 3.95. The monoisotopic (exact) mass is 350 g/mol. The Bertz CT molecular complexity index is 887. The molecule has 0 saturated carbocycles. The van der Waals surface area contributed by atoms with E-state index in [0.29, 0.717) is 12.6 Å². The van der Waals surface area contributed by atoms with Crippen molar-refractivity contribution in [1.29, 1.82) is 0 Å². The Morgan fingerprint density at radius 2 is 2.20 bits per heavy atom. The van der Waals surface area contributed by atoms with E-state index in [0.717, 1.165) is 30.1 Å². The van der Waals surface area contributed by atoms with Crippen LogP contribution in [0.4, 0.5) is 0 Å². The van der Waals surface area contributed by atoms with Gasteiger partial charge in [0.2, 0.25) is 0 Å². The number of rotatable bonds is 3. The summed E-state index contributed by atoms with van der Waals surface area (Å²) in [6.45, 7) is 3.88. The van der Waals surface area contributed by atoms with E-state index in [1.165, 1.54) is 22.2 Å². The van der Waals surface area contributed by atoms with Crippen molar-refractivity contribution < 1.29 is 0 Å². The van der Waals surface area contributed by atoms with E-state index >= 15 is 0 Å². The van der Waals surface area contributed by atoms with E-state index in [1.807, 2.05) is 12.3 Å². The summed E-state index contributed by atoms with van der Waals surface area (Å²) >= 11 is 5.71. The van der Waals surface area contributed by atoms with Crippen LogP contribution in [0.5, 0.6) is 0 Å². The molecule has 1 aliphatic heterocycles. The minimum Gasteiger partial charge on any atom is -0.358 e. The molecule has 1 unspecified atom stereocenters. The van der Waals surface area contributed by atoms with Gasteiger partial charge in [-0.15, -0.1) is 0 Å².